The fourth-order valence-corrected chi connectivity index (χ4v) is 8.15. The average Bonchev–Trinajstić information content (AvgIpc) is 3.48. The SMILES string of the molecule is CC(C)c1ccnn1C1(C(=O)Nc2ccc(Cl)cc2OC(F)F)CCN(CC2(C(=O)O)CCN(C(=O)C34CC(F)(C3)C4)CC2)CC1. The molecule has 10 nitrogen and oxygen atoms in total. The van der Waals surface area contributed by atoms with Gasteiger partial charge in [-0.2, -0.15) is 13.9 Å². The summed E-state index contributed by atoms with van der Waals surface area (Å²) in [5, 5.41) is 17.9. The van der Waals surface area contributed by atoms with Crippen molar-refractivity contribution in [3.63, 3.8) is 0 Å². The van der Waals surface area contributed by atoms with Crippen LogP contribution in [0.15, 0.2) is 30.5 Å². The third-order valence-electron chi connectivity index (χ3n) is 10.6. The number of halogens is 4. The third kappa shape index (κ3) is 5.63. The van der Waals surface area contributed by atoms with Crippen LogP contribution in [0.5, 0.6) is 5.75 Å². The second kappa shape index (κ2) is 11.7. The predicted molar refractivity (Wildman–Crippen MR) is 163 cm³/mol. The molecular formula is C32H39ClF3N5O5. The van der Waals surface area contributed by atoms with E-state index < -0.39 is 40.5 Å². The lowest BCUT2D eigenvalue weighted by Gasteiger charge is -2.65. The molecular weight excluding hydrogens is 627 g/mol. The highest BCUT2D eigenvalue weighted by atomic mass is 35.5. The minimum absolute atomic E-state index is 0.0300. The predicted octanol–water partition coefficient (Wildman–Crippen LogP) is 5.28. The van der Waals surface area contributed by atoms with Crippen LogP contribution in [0.1, 0.15) is 70.4 Å². The molecule has 1 aromatic carbocycles. The lowest BCUT2D eigenvalue weighted by molar-refractivity contribution is -0.223. The third-order valence-corrected chi connectivity index (χ3v) is 10.8. The molecule has 250 valence electrons. The van der Waals surface area contributed by atoms with Crippen molar-refractivity contribution >= 4 is 35.1 Å². The second-order valence-corrected chi connectivity index (χ2v) is 14.4. The van der Waals surface area contributed by atoms with Gasteiger partial charge in [0.05, 0.1) is 16.5 Å². The van der Waals surface area contributed by atoms with Gasteiger partial charge in [-0.3, -0.25) is 19.1 Å². The van der Waals surface area contributed by atoms with E-state index in [1.54, 1.807) is 15.8 Å². The molecule has 14 heteroatoms. The Hall–Kier alpha value is -3.32. The molecule has 2 saturated heterocycles. The average molecular weight is 666 g/mol. The number of likely N-dealkylation sites (tertiary alicyclic amines) is 2. The van der Waals surface area contributed by atoms with Crippen LogP contribution in [-0.4, -0.2) is 87.5 Å². The van der Waals surface area contributed by atoms with Gasteiger partial charge in [0.1, 0.15) is 11.2 Å². The Morgan fingerprint density at radius 1 is 1.04 bits per heavy atom. The number of nitrogens with zero attached hydrogens (tertiary/aromatic N) is 4. The summed E-state index contributed by atoms with van der Waals surface area (Å²) >= 11 is 6.01. The van der Waals surface area contributed by atoms with Gasteiger partial charge >= 0.3 is 12.6 Å². The van der Waals surface area contributed by atoms with Crippen molar-refractivity contribution in [3.05, 3.63) is 41.2 Å². The molecule has 2 N–H and O–H groups in total. The van der Waals surface area contributed by atoms with Crippen LogP contribution < -0.4 is 10.1 Å². The molecule has 2 aromatic rings. The van der Waals surface area contributed by atoms with E-state index in [1.807, 2.05) is 24.8 Å². The number of alkyl halides is 3. The van der Waals surface area contributed by atoms with E-state index in [0.717, 1.165) is 5.69 Å². The molecule has 3 aliphatic carbocycles. The van der Waals surface area contributed by atoms with Crippen molar-refractivity contribution in [2.24, 2.45) is 10.8 Å². The summed E-state index contributed by atoms with van der Waals surface area (Å²) < 4.78 is 46.7. The molecule has 5 fully saturated rings. The van der Waals surface area contributed by atoms with Crippen LogP contribution in [0.3, 0.4) is 0 Å². The number of rotatable bonds is 10. The Balaban J connectivity index is 1.18. The minimum Gasteiger partial charge on any atom is -0.481 e. The van der Waals surface area contributed by atoms with Crippen LogP contribution >= 0.6 is 11.6 Å². The molecule has 0 unspecified atom stereocenters. The van der Waals surface area contributed by atoms with E-state index in [1.165, 1.54) is 18.2 Å². The van der Waals surface area contributed by atoms with Crippen molar-refractivity contribution in [1.29, 1.82) is 0 Å². The number of hydrogen-bond donors (Lipinski definition) is 2. The topological polar surface area (TPSA) is 117 Å². The number of ether oxygens (including phenoxy) is 1. The Morgan fingerprint density at radius 2 is 1.70 bits per heavy atom. The summed E-state index contributed by atoms with van der Waals surface area (Å²) in [6.45, 7) is 2.47. The first-order valence-electron chi connectivity index (χ1n) is 15.7. The smallest absolute Gasteiger partial charge is 0.387 e. The number of aliphatic carboxylic acids is 1. The summed E-state index contributed by atoms with van der Waals surface area (Å²) in [7, 11) is 0. The zero-order valence-corrected chi connectivity index (χ0v) is 26.7. The lowest BCUT2D eigenvalue weighted by atomic mass is 9.42. The zero-order valence-electron chi connectivity index (χ0n) is 25.9. The van der Waals surface area contributed by atoms with Crippen LogP contribution in [0.4, 0.5) is 18.9 Å². The quantitative estimate of drug-likeness (QED) is 0.355. The van der Waals surface area contributed by atoms with E-state index in [-0.39, 0.29) is 79.8 Å². The van der Waals surface area contributed by atoms with Gasteiger partial charge in [0.15, 0.2) is 5.75 Å². The van der Waals surface area contributed by atoms with Gasteiger partial charge in [-0.1, -0.05) is 25.4 Å². The van der Waals surface area contributed by atoms with E-state index in [4.69, 9.17) is 11.6 Å². The zero-order chi connectivity index (χ0) is 33.1. The first kappa shape index (κ1) is 32.6. The summed E-state index contributed by atoms with van der Waals surface area (Å²) in [6, 6.07) is 5.93. The number of carbonyl (C=O) groups is 3. The number of nitrogens with one attached hydrogen (secondary N) is 1. The maximum atomic E-state index is 14.2. The maximum absolute atomic E-state index is 14.2. The number of amides is 2. The van der Waals surface area contributed by atoms with Crippen LogP contribution in [0, 0.1) is 10.8 Å². The van der Waals surface area contributed by atoms with E-state index >= 15 is 0 Å². The normalized spacial score (nSPS) is 26.7. The van der Waals surface area contributed by atoms with E-state index in [0.29, 0.717) is 26.2 Å². The van der Waals surface area contributed by atoms with Gasteiger partial charge in [0.2, 0.25) is 5.91 Å². The molecule has 3 saturated carbocycles. The van der Waals surface area contributed by atoms with Gasteiger partial charge in [0, 0.05) is 55.7 Å². The molecule has 5 aliphatic rings. The molecule has 0 atom stereocenters. The second-order valence-electron chi connectivity index (χ2n) is 13.9. The monoisotopic (exact) mass is 665 g/mol. The maximum Gasteiger partial charge on any atom is 0.387 e. The molecule has 46 heavy (non-hydrogen) atoms. The Kier molecular flexibility index (Phi) is 8.32. The molecule has 2 amide bonds. The van der Waals surface area contributed by atoms with Crippen LogP contribution in [-0.2, 0) is 19.9 Å². The largest absolute Gasteiger partial charge is 0.481 e. The van der Waals surface area contributed by atoms with Gasteiger partial charge in [-0.05, 0) is 69.1 Å². The standard InChI is InChI=1S/C32H39ClF3N5O5/c1-20(2)23-5-10-37-41(23)32(25(42)38-22-4-3-21(33)15-24(22)46-28(34)35)8-11-39(12-9-32)19-29(27(44)45)6-13-40(14-7-29)26(43)30-16-31(36,17-30)18-30/h3-5,10,15,20,28H,6-9,11-14,16-19H2,1-2H3,(H,38,42)(H,44,45). The van der Waals surface area contributed by atoms with Gasteiger partial charge < -0.3 is 25.0 Å². The molecule has 2 aliphatic heterocycles. The van der Waals surface area contributed by atoms with Crippen molar-refractivity contribution < 1.29 is 37.4 Å². The first-order valence-corrected chi connectivity index (χ1v) is 16.1. The number of anilines is 1. The van der Waals surface area contributed by atoms with Crippen molar-refractivity contribution in [2.75, 3.05) is 38.0 Å². The number of hydrogen-bond acceptors (Lipinski definition) is 6. The molecule has 3 heterocycles. The molecule has 7 rings (SSSR count). The van der Waals surface area contributed by atoms with E-state index in [9.17, 15) is 32.7 Å². The summed E-state index contributed by atoms with van der Waals surface area (Å²) in [4.78, 5) is 43.7. The lowest BCUT2D eigenvalue weighted by Crippen LogP contribution is -2.71. The van der Waals surface area contributed by atoms with Crippen LogP contribution in [0.2, 0.25) is 5.02 Å². The minimum atomic E-state index is -3.12. The first-order chi connectivity index (χ1) is 21.7. The van der Waals surface area contributed by atoms with Gasteiger partial charge in [0.25, 0.3) is 5.91 Å². The Bertz CT molecular complexity index is 1500. The highest BCUT2D eigenvalue weighted by Crippen LogP contribution is 2.70. The summed E-state index contributed by atoms with van der Waals surface area (Å²) in [5.74, 6) is -1.67. The molecule has 0 radical (unpaired) electrons. The van der Waals surface area contributed by atoms with Crippen molar-refractivity contribution in [3.8, 4) is 5.75 Å². The molecule has 2 bridgehead atoms. The Morgan fingerprint density at radius 3 is 2.26 bits per heavy atom. The van der Waals surface area contributed by atoms with Gasteiger partial charge in [-0.25, -0.2) is 4.39 Å². The number of carboxylic acid groups (broad SMARTS) is 1. The highest BCUT2D eigenvalue weighted by Gasteiger charge is 2.73. The van der Waals surface area contributed by atoms with Crippen molar-refractivity contribution in [1.82, 2.24) is 19.6 Å². The number of benzene rings is 1. The fourth-order valence-electron chi connectivity index (χ4n) is 7.99. The molecule has 1 aromatic heterocycles. The number of carboxylic acids is 1. The summed E-state index contributed by atoms with van der Waals surface area (Å²) in [6.07, 6.45) is 3.58. The van der Waals surface area contributed by atoms with Crippen molar-refractivity contribution in [2.45, 2.75) is 82.5 Å². The van der Waals surface area contributed by atoms with Crippen LogP contribution in [0.25, 0.3) is 0 Å². The number of aromatic nitrogens is 2. The number of carbonyl (C=O) groups excluding carboxylic acids is 2. The Labute approximate surface area is 270 Å². The molecule has 0 spiro atoms. The summed E-state index contributed by atoms with van der Waals surface area (Å²) in [5.41, 5.74) is -3.16. The highest BCUT2D eigenvalue weighted by molar-refractivity contribution is 6.30. The van der Waals surface area contributed by atoms with Gasteiger partial charge in [-0.15, -0.1) is 0 Å². The fraction of sp³-hybridized carbons (Fsp3) is 0.625. The number of piperidine rings is 2. The van der Waals surface area contributed by atoms with E-state index in [2.05, 4.69) is 15.2 Å².